The maximum absolute atomic E-state index is 12.6. The van der Waals surface area contributed by atoms with Crippen molar-refractivity contribution < 1.29 is 27.5 Å². The van der Waals surface area contributed by atoms with Gasteiger partial charge in [-0.1, -0.05) is 41.7 Å². The average Bonchev–Trinajstić information content (AvgIpc) is 3.47. The summed E-state index contributed by atoms with van der Waals surface area (Å²) in [6.07, 6.45) is 0. The number of aryl methyl sites for hydroxylation is 1. The molecule has 1 N–H and O–H groups in total. The zero-order valence-corrected chi connectivity index (χ0v) is 23.0. The number of carbonyl (C=O) groups excluding carboxylic acids is 3. The lowest BCUT2D eigenvalue weighted by atomic mass is 10.2. The zero-order valence-electron chi connectivity index (χ0n) is 20.5. The molecule has 0 saturated heterocycles. The third kappa shape index (κ3) is 6.60. The van der Waals surface area contributed by atoms with E-state index in [2.05, 4.69) is 15.3 Å². The van der Waals surface area contributed by atoms with Crippen LogP contribution in [0.2, 0.25) is 0 Å². The van der Waals surface area contributed by atoms with Gasteiger partial charge in [0, 0.05) is 17.5 Å². The van der Waals surface area contributed by atoms with Crippen molar-refractivity contribution in [3.05, 3.63) is 64.3 Å². The molecular formula is C25H24N4O6S3. The van der Waals surface area contributed by atoms with E-state index in [0.29, 0.717) is 27.3 Å². The summed E-state index contributed by atoms with van der Waals surface area (Å²) in [5.41, 5.74) is 2.64. The number of hydrogen-bond donors (Lipinski definition) is 1. The van der Waals surface area contributed by atoms with Gasteiger partial charge in [0.1, 0.15) is 11.5 Å². The summed E-state index contributed by atoms with van der Waals surface area (Å²) in [6.45, 7) is 4.29. The Balaban J connectivity index is 1.45. The number of sulfone groups is 1. The van der Waals surface area contributed by atoms with Crippen molar-refractivity contribution in [3.8, 4) is 11.3 Å². The number of nitrogens with one attached hydrogen (secondary N) is 1. The van der Waals surface area contributed by atoms with Crippen LogP contribution in [0.3, 0.4) is 0 Å². The van der Waals surface area contributed by atoms with Crippen LogP contribution in [0.15, 0.2) is 58.9 Å². The highest BCUT2D eigenvalue weighted by Gasteiger charge is 2.22. The van der Waals surface area contributed by atoms with Crippen LogP contribution in [0.5, 0.6) is 0 Å². The molecule has 0 aliphatic rings. The number of anilines is 1. The van der Waals surface area contributed by atoms with Crippen molar-refractivity contribution in [1.82, 2.24) is 9.55 Å². The lowest BCUT2D eigenvalue weighted by molar-refractivity contribution is -0.115. The number of aromatic nitrogens is 2. The first-order chi connectivity index (χ1) is 18.2. The fourth-order valence-corrected chi connectivity index (χ4v) is 6.51. The van der Waals surface area contributed by atoms with Gasteiger partial charge < -0.3 is 14.6 Å². The number of esters is 1. The number of ether oxygens (including phenoxy) is 1. The highest BCUT2D eigenvalue weighted by atomic mass is 32.2. The smallest absolute Gasteiger partial charge is 0.338 e. The van der Waals surface area contributed by atoms with Crippen molar-refractivity contribution >= 4 is 65.6 Å². The molecular weight excluding hydrogens is 548 g/mol. The number of nitrogens with zero attached hydrogens (tertiary/aromatic N) is 3. The first kappa shape index (κ1) is 27.4. The molecule has 10 nitrogen and oxygen atoms in total. The largest absolute Gasteiger partial charge is 0.462 e. The van der Waals surface area contributed by atoms with Crippen molar-refractivity contribution in [2.45, 2.75) is 20.4 Å². The van der Waals surface area contributed by atoms with E-state index >= 15 is 0 Å². The van der Waals surface area contributed by atoms with Gasteiger partial charge in [0.15, 0.2) is 19.8 Å². The molecule has 2 amide bonds. The minimum absolute atomic E-state index is 0.246. The fourth-order valence-electron chi connectivity index (χ4n) is 3.61. The maximum Gasteiger partial charge on any atom is 0.338 e. The molecule has 13 heteroatoms. The number of benzene rings is 2. The van der Waals surface area contributed by atoms with Gasteiger partial charge in [-0.25, -0.2) is 18.2 Å². The Labute approximate surface area is 226 Å². The molecule has 0 aliphatic heterocycles. The van der Waals surface area contributed by atoms with E-state index in [0.717, 1.165) is 22.4 Å². The van der Waals surface area contributed by atoms with E-state index in [-0.39, 0.29) is 11.7 Å². The lowest BCUT2D eigenvalue weighted by Crippen LogP contribution is -2.28. The summed E-state index contributed by atoms with van der Waals surface area (Å²) in [6, 6.07) is 14.4. The summed E-state index contributed by atoms with van der Waals surface area (Å²) in [7, 11) is -4.08. The van der Waals surface area contributed by atoms with Crippen LogP contribution in [-0.4, -0.2) is 53.9 Å². The molecule has 0 spiro atoms. The number of hydrogen-bond acceptors (Lipinski definition) is 9. The number of carbonyl (C=O) groups is 3. The van der Waals surface area contributed by atoms with E-state index in [4.69, 9.17) is 4.74 Å². The van der Waals surface area contributed by atoms with Crippen molar-refractivity contribution in [2.75, 3.05) is 23.4 Å². The van der Waals surface area contributed by atoms with Gasteiger partial charge in [-0.05, 0) is 32.0 Å². The lowest BCUT2D eigenvalue weighted by Gasteiger charge is -2.03. The molecule has 4 rings (SSSR count). The molecule has 2 aromatic carbocycles. The normalized spacial score (nSPS) is 12.0. The molecule has 38 heavy (non-hydrogen) atoms. The van der Waals surface area contributed by atoms with Crippen LogP contribution < -0.4 is 10.1 Å². The Hall–Kier alpha value is -3.68. The third-order valence-corrected chi connectivity index (χ3v) is 8.43. The van der Waals surface area contributed by atoms with Crippen LogP contribution in [0.25, 0.3) is 21.5 Å². The van der Waals surface area contributed by atoms with E-state index in [9.17, 15) is 22.8 Å². The molecule has 2 heterocycles. The maximum atomic E-state index is 12.6. The molecule has 0 fully saturated rings. The van der Waals surface area contributed by atoms with Crippen LogP contribution in [0.4, 0.5) is 5.13 Å². The molecule has 0 saturated carbocycles. The molecule has 0 aliphatic carbocycles. The number of thiazole rings is 2. The summed E-state index contributed by atoms with van der Waals surface area (Å²) >= 11 is 2.33. The van der Waals surface area contributed by atoms with Gasteiger partial charge in [-0.15, -0.1) is 11.3 Å². The highest BCUT2D eigenvalue weighted by Crippen LogP contribution is 2.24. The van der Waals surface area contributed by atoms with E-state index in [1.165, 1.54) is 11.3 Å². The monoisotopic (exact) mass is 572 g/mol. The molecule has 198 valence electrons. The fraction of sp³-hybridized carbons (Fsp3) is 0.240. The average molecular weight is 573 g/mol. The second kappa shape index (κ2) is 11.8. The molecule has 0 unspecified atom stereocenters. The Bertz CT molecular complexity index is 1670. The van der Waals surface area contributed by atoms with Crippen LogP contribution in [-0.2, 0) is 30.7 Å². The molecule has 0 bridgehead atoms. The van der Waals surface area contributed by atoms with E-state index in [1.54, 1.807) is 35.1 Å². The summed E-state index contributed by atoms with van der Waals surface area (Å²) in [5, 5.41) is 4.49. The van der Waals surface area contributed by atoms with Crippen LogP contribution in [0.1, 0.15) is 24.2 Å². The van der Waals surface area contributed by atoms with Crippen molar-refractivity contribution in [2.24, 2.45) is 4.99 Å². The predicted molar refractivity (Wildman–Crippen MR) is 147 cm³/mol. The minimum atomic E-state index is -4.08. The summed E-state index contributed by atoms with van der Waals surface area (Å²) < 4.78 is 32.6. The predicted octanol–water partition coefficient (Wildman–Crippen LogP) is 3.50. The minimum Gasteiger partial charge on any atom is -0.462 e. The summed E-state index contributed by atoms with van der Waals surface area (Å²) in [5.74, 6) is -3.93. The van der Waals surface area contributed by atoms with Crippen molar-refractivity contribution in [1.29, 1.82) is 0 Å². The summed E-state index contributed by atoms with van der Waals surface area (Å²) in [4.78, 5) is 45.6. The Morgan fingerprint density at radius 2 is 1.84 bits per heavy atom. The molecule has 0 radical (unpaired) electrons. The Morgan fingerprint density at radius 1 is 1.08 bits per heavy atom. The second-order valence-corrected chi connectivity index (χ2v) is 12.0. The first-order valence-electron chi connectivity index (χ1n) is 11.6. The van der Waals surface area contributed by atoms with Crippen molar-refractivity contribution in [3.63, 3.8) is 0 Å². The van der Waals surface area contributed by atoms with E-state index < -0.39 is 39.1 Å². The highest BCUT2D eigenvalue weighted by molar-refractivity contribution is 7.92. The quantitative estimate of drug-likeness (QED) is 0.303. The third-order valence-electron chi connectivity index (χ3n) is 5.24. The van der Waals surface area contributed by atoms with Crippen LogP contribution >= 0.6 is 22.7 Å². The van der Waals surface area contributed by atoms with Gasteiger partial charge in [0.05, 0.1) is 28.1 Å². The number of amides is 2. The molecule has 4 aromatic rings. The van der Waals surface area contributed by atoms with Gasteiger partial charge >= 0.3 is 5.97 Å². The topological polar surface area (TPSA) is 137 Å². The second-order valence-electron chi connectivity index (χ2n) is 8.02. The number of rotatable bonds is 9. The first-order valence-corrected chi connectivity index (χ1v) is 15.1. The molecule has 0 atom stereocenters. The van der Waals surface area contributed by atoms with E-state index in [1.807, 2.05) is 37.3 Å². The van der Waals surface area contributed by atoms with Gasteiger partial charge in [0.2, 0.25) is 5.91 Å². The number of fused-ring (bicyclic) bond motifs is 1. The zero-order chi connectivity index (χ0) is 27.3. The Morgan fingerprint density at radius 3 is 2.55 bits per heavy atom. The SMILES string of the molecule is CCOC(=O)c1ccc2c(c1)sc(=NC(=O)CS(=O)(=O)CC(=O)Nc1nc(-c3ccccc3)cs1)n2CC. The Kier molecular flexibility index (Phi) is 8.49. The van der Waals surface area contributed by atoms with Gasteiger partial charge in [-0.2, -0.15) is 4.99 Å². The van der Waals surface area contributed by atoms with Crippen LogP contribution in [0, 0.1) is 0 Å². The standard InChI is InChI=1S/C25H24N4O6S3/c1-3-29-19-11-10-17(23(32)35-4-2)12-20(19)37-25(29)28-22(31)15-38(33,34)14-21(30)27-24-26-18(13-36-24)16-8-6-5-7-9-16/h5-13H,3-4,14-15H2,1-2H3,(H,26,27,30). The van der Waals surface area contributed by atoms with Gasteiger partial charge in [-0.3, -0.25) is 9.59 Å². The molecule has 2 aromatic heterocycles. The van der Waals surface area contributed by atoms with Gasteiger partial charge in [0.25, 0.3) is 5.91 Å².